The van der Waals surface area contributed by atoms with Crippen LogP contribution in [0.5, 0.6) is 0 Å². The number of aliphatic hydroxyl groups excluding tert-OH is 1. The highest BCUT2D eigenvalue weighted by Gasteiger charge is 2.30. The quantitative estimate of drug-likeness (QED) is 0.0169. The second kappa shape index (κ2) is 79.3. The number of hydrogen-bond acceptors (Lipinski definition) is 15. The van der Waals surface area contributed by atoms with Crippen LogP contribution in [0.1, 0.15) is 297 Å². The Kier molecular flexibility index (Phi) is 75.0. The van der Waals surface area contributed by atoms with Gasteiger partial charge in [-0.05, 0) is 135 Å². The molecular weight excluding hydrogens is 1400 g/mol. The summed E-state index contributed by atoms with van der Waals surface area (Å²) in [6.07, 6.45) is 96.1. The smallest absolute Gasteiger partial charge is 0.462 e. The van der Waals surface area contributed by atoms with Crippen LogP contribution in [0.3, 0.4) is 0 Å². The van der Waals surface area contributed by atoms with Gasteiger partial charge in [-0.25, -0.2) is 9.13 Å². The molecule has 0 saturated carbocycles. The number of phosphoric acid groups is 2. The summed E-state index contributed by atoms with van der Waals surface area (Å²) >= 11 is 0. The maximum atomic E-state index is 13.1. The van der Waals surface area contributed by atoms with E-state index in [-0.39, 0.29) is 25.7 Å². The summed E-state index contributed by atoms with van der Waals surface area (Å²) in [6, 6.07) is 0. The number of allylic oxidation sites excluding steroid dienone is 30. The summed E-state index contributed by atoms with van der Waals surface area (Å²) in [4.78, 5) is 73.1. The lowest BCUT2D eigenvalue weighted by molar-refractivity contribution is -0.161. The zero-order valence-electron chi connectivity index (χ0n) is 66.9. The minimum atomic E-state index is -5.03. The topological polar surface area (TPSA) is 237 Å². The van der Waals surface area contributed by atoms with Gasteiger partial charge in [-0.3, -0.25) is 37.3 Å². The van der Waals surface area contributed by atoms with Crippen molar-refractivity contribution in [3.05, 3.63) is 182 Å². The molecule has 0 heterocycles. The molecule has 0 spiro atoms. The van der Waals surface area contributed by atoms with Crippen molar-refractivity contribution in [3.8, 4) is 0 Å². The highest BCUT2D eigenvalue weighted by atomic mass is 31.2. The van der Waals surface area contributed by atoms with Crippen LogP contribution in [0.25, 0.3) is 0 Å². The highest BCUT2D eigenvalue weighted by molar-refractivity contribution is 7.47. The lowest BCUT2D eigenvalue weighted by Crippen LogP contribution is -2.30. The first-order valence-corrected chi connectivity index (χ1v) is 44.0. The lowest BCUT2D eigenvalue weighted by atomic mass is 10.0. The summed E-state index contributed by atoms with van der Waals surface area (Å²) in [5, 5.41) is 10.7. The van der Waals surface area contributed by atoms with Gasteiger partial charge in [-0.15, -0.1) is 0 Å². The third-order valence-corrected chi connectivity index (χ3v) is 18.3. The van der Waals surface area contributed by atoms with Crippen molar-refractivity contribution in [3.63, 3.8) is 0 Å². The van der Waals surface area contributed by atoms with Gasteiger partial charge in [0, 0.05) is 25.7 Å². The maximum Gasteiger partial charge on any atom is 0.472 e. The van der Waals surface area contributed by atoms with Gasteiger partial charge in [-0.2, -0.15) is 0 Å². The van der Waals surface area contributed by atoms with E-state index in [1.807, 2.05) is 36.5 Å². The Morgan fingerprint density at radius 3 is 0.815 bits per heavy atom. The SMILES string of the molecule is CC/C=C\C/C=C\C/C=C\C/C=C\C/C=C\C/C=C\CCC(=O)OCC(COP(=O)(O)OCC(O)COP(=O)(O)OCC(COC(=O)CCCCCCC/C=C\C/C=C\C/C=C\CC)OC(=O)CCCCCCCCCCCCCCCCC)OC(=O)CC/C=C\C/C=C\C/C=C\C/C=C\C/C=C\C/C=C\CC. The number of phosphoric ester groups is 2. The second-order valence-electron chi connectivity index (χ2n) is 26.6. The van der Waals surface area contributed by atoms with Gasteiger partial charge in [0.15, 0.2) is 12.2 Å². The summed E-state index contributed by atoms with van der Waals surface area (Å²) in [6.45, 7) is 4.35. The summed E-state index contributed by atoms with van der Waals surface area (Å²) in [5.74, 6) is -2.40. The van der Waals surface area contributed by atoms with Crippen LogP contribution in [-0.2, 0) is 65.4 Å². The molecule has 0 fully saturated rings. The van der Waals surface area contributed by atoms with E-state index in [0.717, 1.165) is 141 Å². The minimum absolute atomic E-state index is 0.0132. The summed E-state index contributed by atoms with van der Waals surface area (Å²) in [7, 11) is -10.0. The second-order valence-corrected chi connectivity index (χ2v) is 29.5. The first-order chi connectivity index (χ1) is 52.7. The first-order valence-electron chi connectivity index (χ1n) is 41.0. The number of carbonyl (C=O) groups is 4. The molecule has 19 heteroatoms. The minimum Gasteiger partial charge on any atom is -0.462 e. The normalized spacial score (nSPS) is 14.8. The Bertz CT molecular complexity index is 2760. The number of hydrogen-bond donors (Lipinski definition) is 3. The Labute approximate surface area is 654 Å². The number of carbonyl (C=O) groups excluding carboxylic acids is 4. The van der Waals surface area contributed by atoms with Crippen molar-refractivity contribution in [2.75, 3.05) is 39.6 Å². The van der Waals surface area contributed by atoms with Crippen molar-refractivity contribution in [1.29, 1.82) is 0 Å². The van der Waals surface area contributed by atoms with Crippen LogP contribution in [0.2, 0.25) is 0 Å². The monoisotopic (exact) mass is 1550 g/mol. The molecule has 0 saturated heterocycles. The van der Waals surface area contributed by atoms with E-state index in [9.17, 15) is 43.2 Å². The number of esters is 4. The Hall–Kier alpha value is -5.84. The van der Waals surface area contributed by atoms with Crippen LogP contribution in [0.4, 0.5) is 0 Å². The van der Waals surface area contributed by atoms with Crippen molar-refractivity contribution >= 4 is 39.5 Å². The van der Waals surface area contributed by atoms with E-state index in [0.29, 0.717) is 38.5 Å². The van der Waals surface area contributed by atoms with Crippen LogP contribution in [0.15, 0.2) is 182 Å². The molecule has 5 unspecified atom stereocenters. The third kappa shape index (κ3) is 78.3. The predicted octanol–water partition coefficient (Wildman–Crippen LogP) is 24.3. The van der Waals surface area contributed by atoms with Crippen LogP contribution >= 0.6 is 15.6 Å². The van der Waals surface area contributed by atoms with Crippen molar-refractivity contribution in [2.45, 2.75) is 316 Å². The fourth-order valence-electron chi connectivity index (χ4n) is 10.3. The van der Waals surface area contributed by atoms with Crippen LogP contribution in [-0.4, -0.2) is 96.7 Å². The molecule has 0 amide bonds. The molecule has 108 heavy (non-hydrogen) atoms. The van der Waals surface area contributed by atoms with Crippen LogP contribution in [0, 0.1) is 0 Å². The number of ether oxygens (including phenoxy) is 4. The molecule has 0 rings (SSSR count). The van der Waals surface area contributed by atoms with E-state index in [4.69, 9.17) is 37.0 Å². The van der Waals surface area contributed by atoms with Gasteiger partial charge in [-0.1, -0.05) is 319 Å². The van der Waals surface area contributed by atoms with Crippen molar-refractivity contribution in [1.82, 2.24) is 0 Å². The largest absolute Gasteiger partial charge is 0.472 e. The number of rotatable bonds is 75. The highest BCUT2D eigenvalue weighted by Crippen LogP contribution is 2.45. The zero-order chi connectivity index (χ0) is 78.9. The molecule has 0 aliphatic rings. The first kappa shape index (κ1) is 102. The molecule has 0 aromatic rings. The third-order valence-electron chi connectivity index (χ3n) is 16.4. The Balaban J connectivity index is 5.53. The molecule has 5 atom stereocenters. The molecule has 612 valence electrons. The standard InChI is InChI=1S/C89H144O17P2/c1-5-9-13-17-21-25-29-33-37-39-41-43-47-50-54-58-62-66-70-74-87(92)100-80-85(106-89(94)76-72-68-64-60-56-52-48-44-42-40-38-34-30-26-22-18-14-10-6-2)82-104-108(97,98)102-78-83(90)77-101-107(95,96)103-81-84(105-88(93)75-71-67-63-59-55-51-46-36-32-28-24-20-16-12-8-4)79-99-86(91)73-69-65-61-57-53-49-45-35-31-27-23-19-15-11-7-3/h9-11,13-15,21-23,25-27,33-35,37-38,41-45,50,52,54,56,62,64,66,68,83-85,90H,5-8,12,16-20,24,28-32,36,39-40,46-49,51,53,55,57-61,63,65,67,69-82H2,1-4H3,(H,95,96)(H,97,98)/b13-9-,14-10-,15-11-,25-21-,26-22-,27-23-,37-33-,38-34-,43-41-,44-42-,45-35-,54-50-,56-52-,66-62-,68-64-. The predicted molar refractivity (Wildman–Crippen MR) is 445 cm³/mol. The van der Waals surface area contributed by atoms with Gasteiger partial charge in [0.1, 0.15) is 19.3 Å². The molecule has 0 bridgehead atoms. The number of unbranched alkanes of at least 4 members (excludes halogenated alkanes) is 19. The van der Waals surface area contributed by atoms with Gasteiger partial charge in [0.05, 0.1) is 26.4 Å². The molecule has 0 radical (unpaired) electrons. The zero-order valence-corrected chi connectivity index (χ0v) is 68.7. The van der Waals surface area contributed by atoms with E-state index >= 15 is 0 Å². The fraction of sp³-hybridized carbons (Fsp3) is 0.618. The molecule has 0 aromatic carbocycles. The van der Waals surface area contributed by atoms with E-state index in [1.54, 1.807) is 0 Å². The van der Waals surface area contributed by atoms with Gasteiger partial charge < -0.3 is 33.8 Å². The average molecular weight is 1550 g/mol. The van der Waals surface area contributed by atoms with Crippen LogP contribution < -0.4 is 0 Å². The van der Waals surface area contributed by atoms with Crippen molar-refractivity contribution in [2.24, 2.45) is 0 Å². The maximum absolute atomic E-state index is 13.1. The number of aliphatic hydroxyl groups is 1. The Morgan fingerprint density at radius 1 is 0.269 bits per heavy atom. The van der Waals surface area contributed by atoms with Gasteiger partial charge in [0.2, 0.25) is 0 Å². The van der Waals surface area contributed by atoms with Gasteiger partial charge >= 0.3 is 39.5 Å². The molecule has 17 nitrogen and oxygen atoms in total. The van der Waals surface area contributed by atoms with Crippen molar-refractivity contribution < 1.29 is 80.2 Å². The van der Waals surface area contributed by atoms with Gasteiger partial charge in [0.25, 0.3) is 0 Å². The lowest BCUT2D eigenvalue weighted by Gasteiger charge is -2.21. The molecule has 0 aliphatic carbocycles. The van der Waals surface area contributed by atoms with E-state index < -0.39 is 97.5 Å². The average Bonchev–Trinajstić information content (AvgIpc) is 0.896. The van der Waals surface area contributed by atoms with E-state index in [1.165, 1.54) is 64.2 Å². The molecule has 0 aliphatic heterocycles. The summed E-state index contributed by atoms with van der Waals surface area (Å²) < 4.78 is 68.5. The molecule has 0 aromatic heterocycles. The fourth-order valence-corrected chi connectivity index (χ4v) is 11.9. The summed E-state index contributed by atoms with van der Waals surface area (Å²) in [5.41, 5.74) is 0. The molecule has 3 N–H and O–H groups in total. The van der Waals surface area contributed by atoms with E-state index in [2.05, 4.69) is 174 Å². The molecular formula is C89H144O17P2. The Morgan fingerprint density at radius 2 is 0.500 bits per heavy atom.